The zero-order valence-corrected chi connectivity index (χ0v) is 22.6. The molecule has 3 aromatic carbocycles. The SMILES string of the molecule is CCNS(=O)(=O)c1ccc(CCC(=O)N(Cc2ccccc2)[C@H](C)C(=O)NCc2ccccc2Cl)cc1. The second-order valence-electron chi connectivity index (χ2n) is 8.64. The van der Waals surface area contributed by atoms with E-state index < -0.39 is 16.1 Å². The first-order valence-corrected chi connectivity index (χ1v) is 14.0. The highest BCUT2D eigenvalue weighted by atomic mass is 35.5. The van der Waals surface area contributed by atoms with Gasteiger partial charge in [-0.2, -0.15) is 0 Å². The molecule has 7 nitrogen and oxygen atoms in total. The molecule has 196 valence electrons. The van der Waals surface area contributed by atoms with Crippen molar-refractivity contribution in [3.63, 3.8) is 0 Å². The molecular weight excluding hydrogens is 510 g/mol. The van der Waals surface area contributed by atoms with Crippen LogP contribution in [0.15, 0.2) is 83.8 Å². The Morgan fingerprint density at radius 2 is 1.57 bits per heavy atom. The number of benzene rings is 3. The first-order chi connectivity index (χ1) is 17.7. The third kappa shape index (κ3) is 8.15. The van der Waals surface area contributed by atoms with E-state index in [1.54, 1.807) is 36.9 Å². The van der Waals surface area contributed by atoms with Crippen molar-refractivity contribution in [2.45, 2.75) is 50.7 Å². The van der Waals surface area contributed by atoms with Crippen LogP contribution in [0.25, 0.3) is 0 Å². The summed E-state index contributed by atoms with van der Waals surface area (Å²) in [5, 5.41) is 3.45. The van der Waals surface area contributed by atoms with Crippen LogP contribution in [-0.4, -0.2) is 37.7 Å². The minimum Gasteiger partial charge on any atom is -0.350 e. The van der Waals surface area contributed by atoms with Gasteiger partial charge in [0.05, 0.1) is 4.90 Å². The summed E-state index contributed by atoms with van der Waals surface area (Å²) in [6, 6.07) is 22.6. The fraction of sp³-hybridized carbons (Fsp3) is 0.286. The highest BCUT2D eigenvalue weighted by Gasteiger charge is 2.26. The molecule has 1 atom stereocenters. The van der Waals surface area contributed by atoms with Crippen molar-refractivity contribution >= 4 is 33.4 Å². The van der Waals surface area contributed by atoms with Crippen molar-refractivity contribution in [3.05, 3.63) is 101 Å². The largest absolute Gasteiger partial charge is 0.350 e. The number of rotatable bonds is 12. The third-order valence-corrected chi connectivity index (χ3v) is 7.90. The molecule has 3 rings (SSSR count). The quantitative estimate of drug-likeness (QED) is 0.357. The van der Waals surface area contributed by atoms with Crippen molar-refractivity contribution < 1.29 is 18.0 Å². The zero-order valence-electron chi connectivity index (χ0n) is 21.0. The molecule has 37 heavy (non-hydrogen) atoms. The monoisotopic (exact) mass is 541 g/mol. The first-order valence-electron chi connectivity index (χ1n) is 12.1. The van der Waals surface area contributed by atoms with Gasteiger partial charge in [0.25, 0.3) is 0 Å². The molecule has 0 aromatic heterocycles. The lowest BCUT2D eigenvalue weighted by Gasteiger charge is -2.29. The predicted molar refractivity (Wildman–Crippen MR) is 145 cm³/mol. The Hall–Kier alpha value is -3.20. The van der Waals surface area contributed by atoms with Crippen LogP contribution < -0.4 is 10.0 Å². The molecule has 9 heteroatoms. The van der Waals surface area contributed by atoms with Crippen molar-refractivity contribution in [3.8, 4) is 0 Å². The summed E-state index contributed by atoms with van der Waals surface area (Å²) >= 11 is 6.20. The summed E-state index contributed by atoms with van der Waals surface area (Å²) in [7, 11) is -3.53. The maximum Gasteiger partial charge on any atom is 0.242 e. The minimum atomic E-state index is -3.53. The highest BCUT2D eigenvalue weighted by molar-refractivity contribution is 7.89. The number of hydrogen-bond acceptors (Lipinski definition) is 4. The fourth-order valence-corrected chi connectivity index (χ4v) is 5.08. The number of carbonyl (C=O) groups excluding carboxylic acids is 2. The van der Waals surface area contributed by atoms with Crippen molar-refractivity contribution in [2.24, 2.45) is 0 Å². The normalized spacial score (nSPS) is 12.1. The predicted octanol–water partition coefficient (Wildman–Crippen LogP) is 4.30. The van der Waals surface area contributed by atoms with E-state index >= 15 is 0 Å². The number of halogens is 1. The maximum absolute atomic E-state index is 13.3. The molecule has 0 spiro atoms. The van der Waals surface area contributed by atoms with Crippen LogP contribution in [0.2, 0.25) is 5.02 Å². The smallest absolute Gasteiger partial charge is 0.242 e. The van der Waals surface area contributed by atoms with Gasteiger partial charge in [0, 0.05) is 31.1 Å². The molecule has 0 heterocycles. The Balaban J connectivity index is 1.69. The first kappa shape index (κ1) is 28.4. The Labute approximate surface area is 223 Å². The Kier molecular flexibility index (Phi) is 10.3. The van der Waals surface area contributed by atoms with Crippen LogP contribution in [0, 0.1) is 0 Å². The average Bonchev–Trinajstić information content (AvgIpc) is 2.90. The van der Waals surface area contributed by atoms with Gasteiger partial charge in [-0.3, -0.25) is 9.59 Å². The highest BCUT2D eigenvalue weighted by Crippen LogP contribution is 2.17. The van der Waals surface area contributed by atoms with Gasteiger partial charge in [0.15, 0.2) is 0 Å². The van der Waals surface area contributed by atoms with Crippen LogP contribution >= 0.6 is 11.6 Å². The summed E-state index contributed by atoms with van der Waals surface area (Å²) in [5.74, 6) is -0.448. The van der Waals surface area contributed by atoms with E-state index in [9.17, 15) is 18.0 Å². The van der Waals surface area contributed by atoms with E-state index in [-0.39, 0.29) is 29.7 Å². The summed E-state index contributed by atoms with van der Waals surface area (Å²) in [6.07, 6.45) is 0.591. The number of amides is 2. The lowest BCUT2D eigenvalue weighted by molar-refractivity contribution is -0.140. The number of carbonyl (C=O) groups is 2. The number of sulfonamides is 1. The fourth-order valence-electron chi connectivity index (χ4n) is 3.84. The third-order valence-electron chi connectivity index (χ3n) is 5.97. The molecule has 0 aliphatic heterocycles. The molecule has 3 aromatic rings. The molecule has 0 bridgehead atoms. The Bertz CT molecular complexity index is 1300. The van der Waals surface area contributed by atoms with E-state index in [0.717, 1.165) is 16.7 Å². The van der Waals surface area contributed by atoms with Gasteiger partial charge in [-0.1, -0.05) is 79.2 Å². The van der Waals surface area contributed by atoms with Gasteiger partial charge in [-0.05, 0) is 48.2 Å². The molecule has 0 saturated heterocycles. The number of hydrogen-bond donors (Lipinski definition) is 2. The molecule has 0 aliphatic carbocycles. The van der Waals surface area contributed by atoms with E-state index in [0.29, 0.717) is 24.5 Å². The lowest BCUT2D eigenvalue weighted by Crippen LogP contribution is -2.47. The lowest BCUT2D eigenvalue weighted by atomic mass is 10.1. The number of nitrogens with zero attached hydrogens (tertiary/aromatic N) is 1. The zero-order chi connectivity index (χ0) is 26.8. The number of aryl methyl sites for hydroxylation is 1. The Morgan fingerprint density at radius 3 is 2.22 bits per heavy atom. The van der Waals surface area contributed by atoms with E-state index in [2.05, 4.69) is 10.0 Å². The standard InChI is InChI=1S/C28H32ClN3O4S/c1-3-31-37(35,36)25-16-13-22(14-17-25)15-18-27(33)32(20-23-9-5-4-6-10-23)21(2)28(34)30-19-24-11-7-8-12-26(24)29/h4-14,16-17,21,31H,3,15,18-20H2,1-2H3,(H,30,34)/t21-/m1/s1. The Morgan fingerprint density at radius 1 is 0.919 bits per heavy atom. The molecule has 0 unspecified atom stereocenters. The van der Waals surface area contributed by atoms with Crippen molar-refractivity contribution in [1.82, 2.24) is 14.9 Å². The van der Waals surface area contributed by atoms with Gasteiger partial charge in [0.2, 0.25) is 21.8 Å². The number of nitrogens with one attached hydrogen (secondary N) is 2. The molecule has 0 aliphatic rings. The van der Waals surface area contributed by atoms with Crippen LogP contribution in [-0.2, 0) is 39.1 Å². The molecule has 2 N–H and O–H groups in total. The molecule has 2 amide bonds. The van der Waals surface area contributed by atoms with Crippen LogP contribution in [0.5, 0.6) is 0 Å². The second-order valence-corrected chi connectivity index (χ2v) is 10.8. The summed E-state index contributed by atoms with van der Waals surface area (Å²) in [5.41, 5.74) is 2.55. The minimum absolute atomic E-state index is 0.173. The van der Waals surface area contributed by atoms with E-state index in [1.165, 1.54) is 12.1 Å². The van der Waals surface area contributed by atoms with Gasteiger partial charge in [-0.25, -0.2) is 13.1 Å². The van der Waals surface area contributed by atoms with Gasteiger partial charge >= 0.3 is 0 Å². The molecule has 0 fully saturated rings. The second kappa shape index (κ2) is 13.4. The van der Waals surface area contributed by atoms with Crippen LogP contribution in [0.3, 0.4) is 0 Å². The van der Waals surface area contributed by atoms with Gasteiger partial charge in [-0.15, -0.1) is 0 Å². The van der Waals surface area contributed by atoms with Crippen molar-refractivity contribution in [2.75, 3.05) is 6.54 Å². The van der Waals surface area contributed by atoms with Crippen molar-refractivity contribution in [1.29, 1.82) is 0 Å². The summed E-state index contributed by atoms with van der Waals surface area (Å²) in [4.78, 5) is 28.1. The maximum atomic E-state index is 13.3. The summed E-state index contributed by atoms with van der Waals surface area (Å²) < 4.78 is 26.8. The average molecular weight is 542 g/mol. The van der Waals surface area contributed by atoms with Crippen LogP contribution in [0.1, 0.15) is 37.0 Å². The molecular formula is C28H32ClN3O4S. The molecule has 0 radical (unpaired) electrons. The molecule has 0 saturated carbocycles. The van der Waals surface area contributed by atoms with E-state index in [4.69, 9.17) is 11.6 Å². The summed E-state index contributed by atoms with van der Waals surface area (Å²) in [6.45, 7) is 4.29. The topological polar surface area (TPSA) is 95.6 Å². The van der Waals surface area contributed by atoms with Gasteiger partial charge in [0.1, 0.15) is 6.04 Å². The van der Waals surface area contributed by atoms with Gasteiger partial charge < -0.3 is 10.2 Å². The van der Waals surface area contributed by atoms with E-state index in [1.807, 2.05) is 48.5 Å². The van der Waals surface area contributed by atoms with Crippen LogP contribution in [0.4, 0.5) is 0 Å².